The van der Waals surface area contributed by atoms with Crippen molar-refractivity contribution in [3.63, 3.8) is 0 Å². The van der Waals surface area contributed by atoms with Gasteiger partial charge in [0.05, 0.1) is 20.6 Å². The maximum Gasteiger partial charge on any atom is 0.143 e. The third kappa shape index (κ3) is 4.40. The molecule has 0 bridgehead atoms. The molecule has 0 aliphatic carbocycles. The number of hydrogen-bond acceptors (Lipinski definition) is 1. The van der Waals surface area contributed by atoms with E-state index in [0.717, 1.165) is 38.2 Å². The van der Waals surface area contributed by atoms with E-state index in [9.17, 15) is 1.37 Å². The van der Waals surface area contributed by atoms with E-state index >= 15 is 0 Å². The van der Waals surface area contributed by atoms with Gasteiger partial charge in [0, 0.05) is 16.2 Å². The van der Waals surface area contributed by atoms with Crippen molar-refractivity contribution in [3.05, 3.63) is 182 Å². The summed E-state index contributed by atoms with van der Waals surface area (Å²) < 4.78 is 135. The lowest BCUT2D eigenvalue weighted by atomic mass is 9.85. The van der Waals surface area contributed by atoms with Gasteiger partial charge >= 0.3 is 0 Å². The molecular weight excluding hydrogens is 593 g/mol. The van der Waals surface area contributed by atoms with Crippen LogP contribution in [0.2, 0.25) is 0 Å². The summed E-state index contributed by atoms with van der Waals surface area (Å²) >= 11 is 0. The fourth-order valence-corrected chi connectivity index (χ4v) is 6.92. The van der Waals surface area contributed by atoms with Crippen molar-refractivity contribution in [2.24, 2.45) is 0 Å². The van der Waals surface area contributed by atoms with Gasteiger partial charge in [0.1, 0.15) is 11.2 Å². The van der Waals surface area contributed by atoms with Crippen molar-refractivity contribution < 1.29 is 25.0 Å². The van der Waals surface area contributed by atoms with Crippen molar-refractivity contribution in [1.82, 2.24) is 0 Å². The van der Waals surface area contributed by atoms with E-state index in [1.54, 1.807) is 18.2 Å². The normalized spacial score (nSPS) is 16.0. The minimum Gasteiger partial charge on any atom is -0.455 e. The molecule has 10 rings (SSSR count). The number of rotatable bonds is 4. The summed E-state index contributed by atoms with van der Waals surface area (Å²) in [7, 11) is 0. The third-order valence-corrected chi connectivity index (χ3v) is 9.03. The lowest BCUT2D eigenvalue weighted by Crippen LogP contribution is -1.91. The zero-order chi connectivity index (χ0) is 45.4. The highest BCUT2D eigenvalue weighted by molar-refractivity contribution is 6.23. The van der Waals surface area contributed by atoms with Gasteiger partial charge in [-0.15, -0.1) is 0 Å². The lowest BCUT2D eigenvalue weighted by molar-refractivity contribution is 0.673. The van der Waals surface area contributed by atoms with Gasteiger partial charge < -0.3 is 4.42 Å². The molecule has 0 aliphatic rings. The Hall–Kier alpha value is -6.44. The van der Waals surface area contributed by atoms with Gasteiger partial charge in [-0.1, -0.05) is 163 Å². The highest BCUT2D eigenvalue weighted by Crippen LogP contribution is 2.46. The first kappa shape index (κ1) is 16.6. The molecule has 49 heavy (non-hydrogen) atoms. The van der Waals surface area contributed by atoms with E-state index < -0.39 is 72.5 Å². The molecule has 9 aromatic carbocycles. The maximum absolute atomic E-state index is 9.73. The van der Waals surface area contributed by atoms with Crippen molar-refractivity contribution in [1.29, 1.82) is 0 Å². The molecule has 0 saturated heterocycles. The van der Waals surface area contributed by atoms with Gasteiger partial charge in [0.15, 0.2) is 0 Å². The third-order valence-electron chi connectivity index (χ3n) is 9.03. The molecule has 10 aromatic rings. The summed E-state index contributed by atoms with van der Waals surface area (Å²) in [6.07, 6.45) is 0. The zero-order valence-electron chi connectivity index (χ0n) is 40.6. The predicted molar refractivity (Wildman–Crippen MR) is 208 cm³/mol. The van der Waals surface area contributed by atoms with Crippen LogP contribution in [0.25, 0.3) is 98.8 Å². The van der Waals surface area contributed by atoms with Gasteiger partial charge in [-0.05, 0) is 89.6 Å². The molecule has 1 heteroatoms. The van der Waals surface area contributed by atoms with Gasteiger partial charge in [0.25, 0.3) is 0 Å². The molecule has 0 atom stereocenters. The summed E-state index contributed by atoms with van der Waals surface area (Å²) in [5.74, 6) is 0. The zero-order valence-corrected chi connectivity index (χ0v) is 25.6. The Kier molecular flexibility index (Phi) is 3.75. The van der Waals surface area contributed by atoms with Crippen LogP contribution < -0.4 is 0 Å². The topological polar surface area (TPSA) is 13.1 Å². The summed E-state index contributed by atoms with van der Waals surface area (Å²) in [4.78, 5) is 0. The number of furan rings is 1. The maximum atomic E-state index is 9.73. The number of benzene rings is 9. The second-order valence-corrected chi connectivity index (χ2v) is 11.7. The van der Waals surface area contributed by atoms with Crippen LogP contribution in [0.3, 0.4) is 0 Å². The Labute approximate surface area is 305 Å². The molecule has 0 aliphatic heterocycles. The van der Waals surface area contributed by atoms with Crippen molar-refractivity contribution in [2.75, 3.05) is 0 Å². The molecule has 1 heterocycles. The molecule has 228 valence electrons. The van der Waals surface area contributed by atoms with Crippen LogP contribution in [0.4, 0.5) is 0 Å². The Balaban J connectivity index is 1.25. The van der Waals surface area contributed by atoms with Crippen molar-refractivity contribution in [3.8, 4) is 44.5 Å². The van der Waals surface area contributed by atoms with Crippen LogP contribution in [0.15, 0.2) is 186 Å². The number of fused-ring (bicyclic) bond motifs is 7. The molecule has 1 aromatic heterocycles. The summed E-state index contributed by atoms with van der Waals surface area (Å²) in [6.45, 7) is 0. The Morgan fingerprint density at radius 3 is 1.51 bits per heavy atom. The van der Waals surface area contributed by atoms with Gasteiger partial charge in [-0.2, -0.15) is 0 Å². The minimum absolute atomic E-state index is 0.00705. The summed E-state index contributed by atoms with van der Waals surface area (Å²) in [5.41, 5.74) is 3.52. The quantitative estimate of drug-likeness (QED) is 0.175. The second-order valence-electron chi connectivity index (χ2n) is 11.7. The molecule has 0 radical (unpaired) electrons. The van der Waals surface area contributed by atoms with Crippen LogP contribution in [-0.2, 0) is 0 Å². The van der Waals surface area contributed by atoms with E-state index in [0.29, 0.717) is 22.1 Å². The molecule has 0 fully saturated rings. The van der Waals surface area contributed by atoms with Crippen molar-refractivity contribution >= 4 is 54.3 Å². The number of hydrogen-bond donors (Lipinski definition) is 0. The van der Waals surface area contributed by atoms with Crippen LogP contribution >= 0.6 is 0 Å². The van der Waals surface area contributed by atoms with Crippen LogP contribution in [0.5, 0.6) is 0 Å². The second kappa shape index (κ2) is 11.1. The van der Waals surface area contributed by atoms with E-state index in [2.05, 4.69) is 0 Å². The molecular formula is C48H30O. The average molecular weight is 638 g/mol. The van der Waals surface area contributed by atoms with Gasteiger partial charge in [-0.3, -0.25) is 0 Å². The van der Waals surface area contributed by atoms with E-state index in [-0.39, 0.29) is 56.6 Å². The van der Waals surface area contributed by atoms with E-state index in [1.165, 1.54) is 0 Å². The summed E-state index contributed by atoms with van der Waals surface area (Å²) in [6, 6.07) is 20.8. The van der Waals surface area contributed by atoms with E-state index in [4.69, 9.17) is 23.6 Å². The largest absolute Gasteiger partial charge is 0.455 e. The average Bonchev–Trinajstić information content (AvgIpc) is 3.69. The highest BCUT2D eigenvalue weighted by Gasteiger charge is 2.19. The van der Waals surface area contributed by atoms with Crippen LogP contribution in [0, 0.1) is 0 Å². The Bertz CT molecular complexity index is 3610. The Morgan fingerprint density at radius 1 is 0.367 bits per heavy atom. The van der Waals surface area contributed by atoms with Crippen LogP contribution in [-0.4, -0.2) is 0 Å². The summed E-state index contributed by atoms with van der Waals surface area (Å²) in [5, 5.41) is 3.75. The molecule has 0 amide bonds. The first-order chi connectivity index (χ1) is 30.5. The fourth-order valence-electron chi connectivity index (χ4n) is 6.92. The van der Waals surface area contributed by atoms with Crippen LogP contribution in [0.1, 0.15) is 20.6 Å². The molecule has 0 spiro atoms. The van der Waals surface area contributed by atoms with Crippen molar-refractivity contribution in [2.45, 2.75) is 0 Å². The lowest BCUT2D eigenvalue weighted by Gasteiger charge is -2.18. The smallest absolute Gasteiger partial charge is 0.143 e. The van der Waals surface area contributed by atoms with Gasteiger partial charge in [-0.25, -0.2) is 0 Å². The fraction of sp³-hybridized carbons (Fsp3) is 0. The molecule has 0 saturated carbocycles. The highest BCUT2D eigenvalue weighted by atomic mass is 16.3. The molecule has 0 unspecified atom stereocenters. The standard InChI is InChI=1S/C48H30O/c1-3-13-31(14-4-1)32-23-25-34(26-24-32)46-37-18-8-10-20-39(37)47(40-21-11-9-19-38(40)46)35-27-28-45-43(29-35)44-30-42(33-15-5-2-6-16-33)36-17-7-12-22-41(36)48(44)49-45/h1-30H/i1D,2D,3D,4D,5D,6D,7D,12D,13D,14D,15D,16D,17D,22D,30D. The predicted octanol–water partition coefficient (Wildman–Crippen LogP) is 13.7. The SMILES string of the molecule is [2H]c1c([2H])c([2H])c(-c2ccc(-c3c4ccccc4c(-c4ccc5oc6c7c([2H])c([2H])c([2H])c([2H])c7c(-c7c([2H])c([2H])c([2H])c([2H])c7[2H])c([2H])c6c5c4)c4ccccc34)cc2)c([2H])c1[2H]. The molecule has 1 nitrogen and oxygen atoms in total. The van der Waals surface area contributed by atoms with E-state index in [1.807, 2.05) is 72.8 Å². The monoisotopic (exact) mass is 637 g/mol. The Morgan fingerprint density at radius 2 is 0.878 bits per heavy atom. The molecule has 0 N–H and O–H groups in total. The first-order valence-electron chi connectivity index (χ1n) is 23.1. The minimum atomic E-state index is -0.656. The van der Waals surface area contributed by atoms with Gasteiger partial charge in [0.2, 0.25) is 0 Å². The first-order valence-corrected chi connectivity index (χ1v) is 15.6.